The van der Waals surface area contributed by atoms with Crippen LogP contribution in [0.4, 0.5) is 5.82 Å². The Hall–Kier alpha value is -0.770. The molecular formula is C13H11BrCl2N2. The lowest BCUT2D eigenvalue weighted by Gasteiger charge is -2.20. The Morgan fingerprint density at radius 3 is 2.61 bits per heavy atom. The molecule has 0 spiro atoms. The minimum absolute atomic E-state index is 0.610. The van der Waals surface area contributed by atoms with Crippen molar-refractivity contribution in [1.29, 1.82) is 0 Å². The molecule has 2 nitrogen and oxygen atoms in total. The minimum atomic E-state index is 0.610. The van der Waals surface area contributed by atoms with Crippen molar-refractivity contribution in [2.24, 2.45) is 0 Å². The predicted octanol–water partition coefficient (Wildman–Crippen LogP) is 4.79. The number of benzene rings is 1. The molecule has 0 unspecified atom stereocenters. The molecule has 1 heterocycles. The van der Waals surface area contributed by atoms with Gasteiger partial charge in [-0.2, -0.15) is 0 Å². The highest BCUT2D eigenvalue weighted by Crippen LogP contribution is 2.27. The fourth-order valence-electron chi connectivity index (χ4n) is 1.65. The second kappa shape index (κ2) is 5.91. The van der Waals surface area contributed by atoms with Crippen LogP contribution in [-0.4, -0.2) is 12.0 Å². The van der Waals surface area contributed by atoms with E-state index in [4.69, 9.17) is 23.2 Å². The van der Waals surface area contributed by atoms with Crippen molar-refractivity contribution in [3.05, 3.63) is 56.6 Å². The van der Waals surface area contributed by atoms with Crippen LogP contribution < -0.4 is 4.90 Å². The molecular weight excluding hydrogens is 335 g/mol. The van der Waals surface area contributed by atoms with Gasteiger partial charge in [-0.3, -0.25) is 0 Å². The van der Waals surface area contributed by atoms with Crippen LogP contribution in [0.25, 0.3) is 0 Å². The van der Waals surface area contributed by atoms with Gasteiger partial charge in [0.05, 0.1) is 5.02 Å². The van der Waals surface area contributed by atoms with Crippen molar-refractivity contribution in [2.45, 2.75) is 6.54 Å². The van der Waals surface area contributed by atoms with E-state index in [0.717, 1.165) is 20.9 Å². The lowest BCUT2D eigenvalue weighted by atomic mass is 10.2. The fourth-order valence-corrected chi connectivity index (χ4v) is 2.61. The highest BCUT2D eigenvalue weighted by Gasteiger charge is 2.10. The smallest absolute Gasteiger partial charge is 0.147 e. The molecule has 0 bridgehead atoms. The summed E-state index contributed by atoms with van der Waals surface area (Å²) >= 11 is 15.6. The second-order valence-corrected chi connectivity index (χ2v) is 5.64. The summed E-state index contributed by atoms with van der Waals surface area (Å²) in [6.45, 7) is 0.661. The third-order valence-corrected chi connectivity index (χ3v) is 3.60. The average molecular weight is 346 g/mol. The molecule has 0 saturated carbocycles. The highest BCUT2D eigenvalue weighted by molar-refractivity contribution is 9.10. The molecule has 0 aliphatic heterocycles. The molecule has 1 aromatic heterocycles. The van der Waals surface area contributed by atoms with Gasteiger partial charge in [0.1, 0.15) is 5.82 Å². The Kier molecular flexibility index (Phi) is 4.49. The maximum atomic E-state index is 6.16. The van der Waals surface area contributed by atoms with Crippen LogP contribution in [0.15, 0.2) is 41.0 Å². The normalized spacial score (nSPS) is 10.4. The maximum absolute atomic E-state index is 6.16. The van der Waals surface area contributed by atoms with Crippen molar-refractivity contribution in [3.63, 3.8) is 0 Å². The second-order valence-electron chi connectivity index (χ2n) is 3.91. The molecule has 0 amide bonds. The van der Waals surface area contributed by atoms with E-state index < -0.39 is 0 Å². The van der Waals surface area contributed by atoms with Gasteiger partial charge in [0.2, 0.25) is 0 Å². The van der Waals surface area contributed by atoms with E-state index in [9.17, 15) is 0 Å². The van der Waals surface area contributed by atoms with Gasteiger partial charge in [-0.05, 0) is 33.6 Å². The Bertz CT molecular complexity index is 560. The van der Waals surface area contributed by atoms with Crippen LogP contribution in [-0.2, 0) is 6.54 Å². The number of nitrogens with zero attached hydrogens (tertiary/aromatic N) is 2. The first-order valence-corrected chi connectivity index (χ1v) is 6.88. The number of hydrogen-bond donors (Lipinski definition) is 0. The van der Waals surface area contributed by atoms with E-state index in [2.05, 4.69) is 20.9 Å². The maximum Gasteiger partial charge on any atom is 0.147 e. The van der Waals surface area contributed by atoms with Gasteiger partial charge in [0.15, 0.2) is 0 Å². The van der Waals surface area contributed by atoms with E-state index in [0.29, 0.717) is 11.6 Å². The number of halogens is 3. The third-order valence-electron chi connectivity index (χ3n) is 2.52. The average Bonchev–Trinajstić information content (AvgIpc) is 2.32. The number of rotatable bonds is 3. The van der Waals surface area contributed by atoms with Crippen LogP contribution >= 0.6 is 39.1 Å². The van der Waals surface area contributed by atoms with Gasteiger partial charge in [0, 0.05) is 29.3 Å². The molecule has 0 aliphatic carbocycles. The Morgan fingerprint density at radius 2 is 1.94 bits per heavy atom. The van der Waals surface area contributed by atoms with Crippen molar-refractivity contribution < 1.29 is 0 Å². The summed E-state index contributed by atoms with van der Waals surface area (Å²) in [5, 5.41) is 1.36. The summed E-state index contributed by atoms with van der Waals surface area (Å²) < 4.78 is 0.863. The topological polar surface area (TPSA) is 16.1 Å². The monoisotopic (exact) mass is 344 g/mol. The van der Waals surface area contributed by atoms with Crippen molar-refractivity contribution in [1.82, 2.24) is 4.98 Å². The third kappa shape index (κ3) is 3.16. The number of pyridine rings is 1. The first kappa shape index (κ1) is 13.7. The van der Waals surface area contributed by atoms with Gasteiger partial charge >= 0.3 is 0 Å². The van der Waals surface area contributed by atoms with Gasteiger partial charge in [-0.25, -0.2) is 4.98 Å². The molecule has 5 heteroatoms. The molecule has 0 atom stereocenters. The summed E-state index contributed by atoms with van der Waals surface area (Å²) in [5.41, 5.74) is 1.04. The lowest BCUT2D eigenvalue weighted by Crippen LogP contribution is -2.18. The molecule has 94 valence electrons. The summed E-state index contributed by atoms with van der Waals surface area (Å²) in [5.74, 6) is 0.736. The first-order chi connectivity index (χ1) is 8.58. The largest absolute Gasteiger partial charge is 0.354 e. The summed E-state index contributed by atoms with van der Waals surface area (Å²) in [4.78, 5) is 6.28. The van der Waals surface area contributed by atoms with Gasteiger partial charge in [-0.15, -0.1) is 0 Å². The molecule has 2 rings (SSSR count). The molecule has 0 saturated heterocycles. The van der Waals surface area contributed by atoms with Gasteiger partial charge in [-0.1, -0.05) is 41.4 Å². The molecule has 0 N–H and O–H groups in total. The number of anilines is 1. The highest BCUT2D eigenvalue weighted by atomic mass is 79.9. The molecule has 18 heavy (non-hydrogen) atoms. The zero-order valence-corrected chi connectivity index (χ0v) is 12.8. The Balaban J connectivity index is 2.22. The lowest BCUT2D eigenvalue weighted by molar-refractivity contribution is 0.897. The van der Waals surface area contributed by atoms with Crippen molar-refractivity contribution in [2.75, 3.05) is 11.9 Å². The predicted molar refractivity (Wildman–Crippen MR) is 80.5 cm³/mol. The summed E-state index contributed by atoms with van der Waals surface area (Å²) in [6.07, 6.45) is 1.73. The van der Waals surface area contributed by atoms with Crippen LogP contribution in [0.3, 0.4) is 0 Å². The van der Waals surface area contributed by atoms with Crippen LogP contribution in [0.1, 0.15) is 5.56 Å². The number of hydrogen-bond acceptors (Lipinski definition) is 2. The standard InChI is InChI=1S/C13H11BrCl2N2/c1-18(8-9-4-2-3-5-11(9)15)13-12(16)6-10(14)7-17-13/h2-7H,8H2,1H3. The van der Waals surface area contributed by atoms with E-state index in [1.54, 1.807) is 6.20 Å². The molecule has 0 fully saturated rings. The summed E-state index contributed by atoms with van der Waals surface area (Å²) in [7, 11) is 1.94. The molecule has 0 aliphatic rings. The number of aromatic nitrogens is 1. The quantitative estimate of drug-likeness (QED) is 0.795. The van der Waals surface area contributed by atoms with Crippen LogP contribution in [0.5, 0.6) is 0 Å². The molecule has 2 aromatic rings. The fraction of sp³-hybridized carbons (Fsp3) is 0.154. The Morgan fingerprint density at radius 1 is 1.22 bits per heavy atom. The minimum Gasteiger partial charge on any atom is -0.354 e. The van der Waals surface area contributed by atoms with E-state index >= 15 is 0 Å². The SMILES string of the molecule is CN(Cc1ccccc1Cl)c1ncc(Br)cc1Cl. The van der Waals surface area contributed by atoms with Crippen LogP contribution in [0, 0.1) is 0 Å². The van der Waals surface area contributed by atoms with E-state index in [1.165, 1.54) is 0 Å². The van der Waals surface area contributed by atoms with Gasteiger partial charge in [0.25, 0.3) is 0 Å². The first-order valence-electron chi connectivity index (χ1n) is 5.33. The van der Waals surface area contributed by atoms with E-state index in [1.807, 2.05) is 42.3 Å². The van der Waals surface area contributed by atoms with Gasteiger partial charge < -0.3 is 4.90 Å². The molecule has 0 radical (unpaired) electrons. The summed E-state index contributed by atoms with van der Waals surface area (Å²) in [6, 6.07) is 9.57. The van der Waals surface area contributed by atoms with E-state index in [-0.39, 0.29) is 0 Å². The van der Waals surface area contributed by atoms with Crippen molar-refractivity contribution >= 4 is 44.9 Å². The Labute approximate surface area is 125 Å². The zero-order valence-electron chi connectivity index (χ0n) is 9.70. The zero-order chi connectivity index (χ0) is 13.1. The van der Waals surface area contributed by atoms with Crippen LogP contribution in [0.2, 0.25) is 10.0 Å². The molecule has 1 aromatic carbocycles. The van der Waals surface area contributed by atoms with Crippen molar-refractivity contribution in [3.8, 4) is 0 Å².